The van der Waals surface area contributed by atoms with E-state index in [0.29, 0.717) is 18.9 Å². The molecule has 0 aliphatic carbocycles. The molecule has 0 aliphatic rings. The van der Waals surface area contributed by atoms with E-state index in [0.717, 1.165) is 5.69 Å². The molecule has 2 heterocycles. The highest BCUT2D eigenvalue weighted by molar-refractivity contribution is 5.20. The lowest BCUT2D eigenvalue weighted by Gasteiger charge is -2.04. The predicted molar refractivity (Wildman–Crippen MR) is 62.5 cm³/mol. The number of anilines is 1. The Bertz CT molecular complexity index is 488. The average molecular weight is 231 g/mol. The van der Waals surface area contributed by atoms with Gasteiger partial charge < -0.3 is 10.5 Å². The molecule has 6 nitrogen and oxygen atoms in total. The van der Waals surface area contributed by atoms with E-state index in [1.165, 1.54) is 0 Å². The second-order valence-electron chi connectivity index (χ2n) is 3.32. The van der Waals surface area contributed by atoms with E-state index in [-0.39, 0.29) is 12.0 Å². The maximum atomic E-state index is 5.58. The molecular weight excluding hydrogens is 218 g/mol. The zero-order valence-electron chi connectivity index (χ0n) is 9.50. The Kier molecular flexibility index (Phi) is 3.44. The standard InChI is InChI=1S/C11H13N5O/c1-2-17-11-15-9(14-10(12)16-11)7-8-5-3-4-6-13-8/h3-6H,2,7H2,1H3,(H2,12,14,15,16). The van der Waals surface area contributed by atoms with Crippen molar-refractivity contribution in [2.75, 3.05) is 12.3 Å². The van der Waals surface area contributed by atoms with E-state index in [1.807, 2.05) is 25.1 Å². The fraction of sp³-hybridized carbons (Fsp3) is 0.273. The SMILES string of the molecule is CCOc1nc(N)nc(Cc2ccccn2)n1. The molecule has 0 saturated carbocycles. The Morgan fingerprint density at radius 3 is 2.82 bits per heavy atom. The first-order valence-corrected chi connectivity index (χ1v) is 5.31. The first kappa shape index (κ1) is 11.3. The second-order valence-corrected chi connectivity index (χ2v) is 3.32. The molecule has 6 heteroatoms. The lowest BCUT2D eigenvalue weighted by molar-refractivity contribution is 0.310. The summed E-state index contributed by atoms with van der Waals surface area (Å²) in [6, 6.07) is 5.93. The summed E-state index contributed by atoms with van der Waals surface area (Å²) in [6.07, 6.45) is 2.23. The molecule has 0 fully saturated rings. The molecule has 0 unspecified atom stereocenters. The largest absolute Gasteiger partial charge is 0.464 e. The summed E-state index contributed by atoms with van der Waals surface area (Å²) in [6.45, 7) is 2.35. The monoisotopic (exact) mass is 231 g/mol. The third-order valence-electron chi connectivity index (χ3n) is 2.02. The van der Waals surface area contributed by atoms with Crippen LogP contribution >= 0.6 is 0 Å². The van der Waals surface area contributed by atoms with Gasteiger partial charge in [-0.1, -0.05) is 6.07 Å². The van der Waals surface area contributed by atoms with Crippen LogP contribution in [0.3, 0.4) is 0 Å². The molecular formula is C11H13N5O. The molecule has 2 aromatic heterocycles. The highest BCUT2D eigenvalue weighted by Gasteiger charge is 2.06. The molecule has 0 aliphatic heterocycles. The maximum absolute atomic E-state index is 5.58. The van der Waals surface area contributed by atoms with Crippen molar-refractivity contribution in [2.45, 2.75) is 13.3 Å². The molecule has 0 spiro atoms. The zero-order chi connectivity index (χ0) is 12.1. The molecule has 0 saturated heterocycles. The number of nitrogen functional groups attached to an aromatic ring is 1. The lowest BCUT2D eigenvalue weighted by Crippen LogP contribution is -2.07. The molecule has 0 radical (unpaired) electrons. The highest BCUT2D eigenvalue weighted by Crippen LogP contribution is 2.08. The van der Waals surface area contributed by atoms with Gasteiger partial charge in [-0.25, -0.2) is 0 Å². The van der Waals surface area contributed by atoms with E-state index in [1.54, 1.807) is 6.20 Å². The molecule has 17 heavy (non-hydrogen) atoms. The summed E-state index contributed by atoms with van der Waals surface area (Å²) in [5.74, 6) is 0.717. The summed E-state index contributed by atoms with van der Waals surface area (Å²) >= 11 is 0. The van der Waals surface area contributed by atoms with Crippen LogP contribution in [0.1, 0.15) is 18.4 Å². The third kappa shape index (κ3) is 3.10. The van der Waals surface area contributed by atoms with Crippen molar-refractivity contribution < 1.29 is 4.74 Å². The van der Waals surface area contributed by atoms with Crippen molar-refractivity contribution in [3.63, 3.8) is 0 Å². The van der Waals surface area contributed by atoms with Gasteiger partial charge in [0.2, 0.25) is 5.95 Å². The van der Waals surface area contributed by atoms with Gasteiger partial charge in [-0.3, -0.25) is 4.98 Å². The van der Waals surface area contributed by atoms with Gasteiger partial charge in [0, 0.05) is 11.9 Å². The number of aromatic nitrogens is 4. The summed E-state index contributed by atoms with van der Waals surface area (Å²) < 4.78 is 5.20. The summed E-state index contributed by atoms with van der Waals surface area (Å²) in [5.41, 5.74) is 6.46. The number of pyridine rings is 1. The van der Waals surface area contributed by atoms with Crippen molar-refractivity contribution in [3.8, 4) is 6.01 Å². The van der Waals surface area contributed by atoms with Gasteiger partial charge in [0.25, 0.3) is 0 Å². The van der Waals surface area contributed by atoms with E-state index >= 15 is 0 Å². The number of hydrogen-bond donors (Lipinski definition) is 1. The van der Waals surface area contributed by atoms with Gasteiger partial charge in [0.15, 0.2) is 0 Å². The molecule has 0 aromatic carbocycles. The lowest BCUT2D eigenvalue weighted by atomic mass is 10.2. The van der Waals surface area contributed by atoms with Crippen molar-refractivity contribution in [3.05, 3.63) is 35.9 Å². The fourth-order valence-corrected chi connectivity index (χ4v) is 1.35. The molecule has 0 bridgehead atoms. The number of ether oxygens (including phenoxy) is 1. The minimum atomic E-state index is 0.161. The molecule has 2 aromatic rings. The van der Waals surface area contributed by atoms with Crippen LogP contribution in [0.5, 0.6) is 6.01 Å². The topological polar surface area (TPSA) is 86.8 Å². The molecule has 2 N–H and O–H groups in total. The van der Waals surface area contributed by atoms with Crippen molar-refractivity contribution >= 4 is 5.95 Å². The van der Waals surface area contributed by atoms with Crippen LogP contribution in [0.25, 0.3) is 0 Å². The minimum absolute atomic E-state index is 0.161. The Morgan fingerprint density at radius 1 is 1.24 bits per heavy atom. The van der Waals surface area contributed by atoms with Crippen LogP contribution in [-0.4, -0.2) is 26.5 Å². The van der Waals surface area contributed by atoms with Crippen molar-refractivity contribution in [1.29, 1.82) is 0 Å². The van der Waals surface area contributed by atoms with Crippen LogP contribution in [0.4, 0.5) is 5.95 Å². The van der Waals surface area contributed by atoms with Crippen molar-refractivity contribution in [2.24, 2.45) is 0 Å². The Morgan fingerprint density at radius 2 is 2.12 bits per heavy atom. The number of rotatable bonds is 4. The summed E-state index contributed by atoms with van der Waals surface area (Å²) in [7, 11) is 0. The molecule has 0 amide bonds. The quantitative estimate of drug-likeness (QED) is 0.839. The predicted octanol–water partition coefficient (Wildman–Crippen LogP) is 0.838. The van der Waals surface area contributed by atoms with E-state index in [4.69, 9.17) is 10.5 Å². The van der Waals surface area contributed by atoms with Gasteiger partial charge in [0.1, 0.15) is 5.82 Å². The Balaban J connectivity index is 2.21. The molecule has 0 atom stereocenters. The smallest absolute Gasteiger partial charge is 0.321 e. The first-order valence-electron chi connectivity index (χ1n) is 5.31. The number of nitrogens with two attached hydrogens (primary N) is 1. The highest BCUT2D eigenvalue weighted by atomic mass is 16.5. The van der Waals surface area contributed by atoms with Crippen LogP contribution in [0, 0.1) is 0 Å². The average Bonchev–Trinajstić information content (AvgIpc) is 2.30. The Hall–Kier alpha value is -2.24. The Labute approximate surface area is 98.9 Å². The molecule has 2 rings (SSSR count). The van der Waals surface area contributed by atoms with Gasteiger partial charge in [-0.2, -0.15) is 15.0 Å². The van der Waals surface area contributed by atoms with E-state index in [9.17, 15) is 0 Å². The van der Waals surface area contributed by atoms with Crippen LogP contribution in [0.15, 0.2) is 24.4 Å². The van der Waals surface area contributed by atoms with Gasteiger partial charge in [-0.05, 0) is 19.1 Å². The van der Waals surface area contributed by atoms with Crippen LogP contribution in [0.2, 0.25) is 0 Å². The number of hydrogen-bond acceptors (Lipinski definition) is 6. The van der Waals surface area contributed by atoms with E-state index in [2.05, 4.69) is 19.9 Å². The third-order valence-corrected chi connectivity index (χ3v) is 2.02. The zero-order valence-corrected chi connectivity index (χ0v) is 9.50. The van der Waals surface area contributed by atoms with Crippen LogP contribution < -0.4 is 10.5 Å². The number of nitrogens with zero attached hydrogens (tertiary/aromatic N) is 4. The van der Waals surface area contributed by atoms with Gasteiger partial charge in [-0.15, -0.1) is 0 Å². The maximum Gasteiger partial charge on any atom is 0.321 e. The normalized spacial score (nSPS) is 10.2. The second kappa shape index (κ2) is 5.20. The van der Waals surface area contributed by atoms with Gasteiger partial charge in [0.05, 0.1) is 13.0 Å². The summed E-state index contributed by atoms with van der Waals surface area (Å²) in [4.78, 5) is 16.3. The molecule has 88 valence electrons. The van der Waals surface area contributed by atoms with Crippen LogP contribution in [-0.2, 0) is 6.42 Å². The van der Waals surface area contributed by atoms with E-state index < -0.39 is 0 Å². The van der Waals surface area contributed by atoms with Crippen molar-refractivity contribution in [1.82, 2.24) is 19.9 Å². The minimum Gasteiger partial charge on any atom is -0.464 e. The summed E-state index contributed by atoms with van der Waals surface area (Å²) in [5, 5.41) is 0. The van der Waals surface area contributed by atoms with Gasteiger partial charge >= 0.3 is 6.01 Å². The first-order chi connectivity index (χ1) is 8.28. The fourth-order valence-electron chi connectivity index (χ4n) is 1.35.